The summed E-state index contributed by atoms with van der Waals surface area (Å²) in [6.45, 7) is 2.59. The van der Waals surface area contributed by atoms with E-state index in [1.807, 2.05) is 24.3 Å². The first kappa shape index (κ1) is 13.6. The van der Waals surface area contributed by atoms with Crippen LogP contribution >= 0.6 is 0 Å². The maximum atomic E-state index is 12.0. The lowest BCUT2D eigenvalue weighted by Gasteiger charge is -2.26. The first-order valence-corrected chi connectivity index (χ1v) is 7.57. The van der Waals surface area contributed by atoms with Crippen molar-refractivity contribution < 1.29 is 4.79 Å². The third-order valence-corrected chi connectivity index (χ3v) is 4.60. The summed E-state index contributed by atoms with van der Waals surface area (Å²) in [5.41, 5.74) is 7.50. The smallest absolute Gasteiger partial charge is 0.225 e. The van der Waals surface area contributed by atoms with E-state index >= 15 is 0 Å². The number of anilines is 1. The number of carbonyl (C=O) groups is 1. The summed E-state index contributed by atoms with van der Waals surface area (Å²) in [7, 11) is 0. The third-order valence-electron chi connectivity index (χ3n) is 4.60. The van der Waals surface area contributed by atoms with Crippen LogP contribution in [0.2, 0.25) is 0 Å². The molecule has 4 heteroatoms. The van der Waals surface area contributed by atoms with E-state index in [9.17, 15) is 4.79 Å². The van der Waals surface area contributed by atoms with Gasteiger partial charge in [0.25, 0.3) is 0 Å². The Balaban J connectivity index is 1.47. The van der Waals surface area contributed by atoms with E-state index in [0.29, 0.717) is 13.0 Å². The summed E-state index contributed by atoms with van der Waals surface area (Å²) in [5.74, 6) is 0.992. The van der Waals surface area contributed by atoms with E-state index in [0.717, 1.165) is 29.8 Å². The lowest BCUT2D eigenvalue weighted by molar-refractivity contribution is -0.116. The Morgan fingerprint density at radius 1 is 1.40 bits per heavy atom. The van der Waals surface area contributed by atoms with Gasteiger partial charge in [-0.25, -0.2) is 0 Å². The highest BCUT2D eigenvalue weighted by atomic mass is 16.1. The minimum atomic E-state index is 0.0990. The maximum Gasteiger partial charge on any atom is 0.225 e. The van der Waals surface area contributed by atoms with Gasteiger partial charge in [0.2, 0.25) is 5.91 Å². The second-order valence-electron chi connectivity index (χ2n) is 6.03. The lowest BCUT2D eigenvalue weighted by atomic mass is 10.1. The molecule has 3 N–H and O–H groups in total. The molecule has 2 unspecified atom stereocenters. The predicted molar refractivity (Wildman–Crippen MR) is 80.3 cm³/mol. The molecule has 2 fully saturated rings. The molecular weight excluding hydrogens is 250 g/mol. The Kier molecular flexibility index (Phi) is 4.03. The number of amides is 1. The van der Waals surface area contributed by atoms with Gasteiger partial charge < -0.3 is 11.1 Å². The molecule has 3 rings (SSSR count). The van der Waals surface area contributed by atoms with Crippen molar-refractivity contribution in [2.75, 3.05) is 18.4 Å². The molecule has 20 heavy (non-hydrogen) atoms. The van der Waals surface area contributed by atoms with Crippen LogP contribution in [0.25, 0.3) is 0 Å². The van der Waals surface area contributed by atoms with Gasteiger partial charge in [-0.3, -0.25) is 9.69 Å². The van der Waals surface area contributed by atoms with Crippen molar-refractivity contribution in [1.29, 1.82) is 0 Å². The standard InChI is InChI=1S/C16H23N3O/c17-10-12-2-1-3-14(8-12)18-16(20)6-7-19-11-13-4-5-15(19)9-13/h1-3,8,13,15H,4-7,9-11,17H2,(H,18,20). The van der Waals surface area contributed by atoms with Crippen LogP contribution in [0.3, 0.4) is 0 Å². The van der Waals surface area contributed by atoms with Gasteiger partial charge in [0.05, 0.1) is 0 Å². The number of rotatable bonds is 5. The van der Waals surface area contributed by atoms with Crippen molar-refractivity contribution in [3.8, 4) is 0 Å². The molecule has 108 valence electrons. The molecule has 1 amide bonds. The van der Waals surface area contributed by atoms with Gasteiger partial charge in [0.15, 0.2) is 0 Å². The average Bonchev–Trinajstić information content (AvgIpc) is 3.08. The highest BCUT2D eigenvalue weighted by Gasteiger charge is 2.37. The third kappa shape index (κ3) is 3.02. The van der Waals surface area contributed by atoms with Crippen LogP contribution in [-0.4, -0.2) is 29.9 Å². The van der Waals surface area contributed by atoms with Crippen molar-refractivity contribution >= 4 is 11.6 Å². The van der Waals surface area contributed by atoms with Crippen LogP contribution in [-0.2, 0) is 11.3 Å². The Morgan fingerprint density at radius 2 is 2.30 bits per heavy atom. The number of hydrogen-bond donors (Lipinski definition) is 2. The topological polar surface area (TPSA) is 58.4 Å². The molecule has 2 atom stereocenters. The normalized spacial score (nSPS) is 25.1. The van der Waals surface area contributed by atoms with E-state index < -0.39 is 0 Å². The molecule has 1 aliphatic carbocycles. The van der Waals surface area contributed by atoms with E-state index in [1.54, 1.807) is 0 Å². The number of nitrogens with two attached hydrogens (primary N) is 1. The number of hydrogen-bond acceptors (Lipinski definition) is 3. The van der Waals surface area contributed by atoms with Gasteiger partial charge in [-0.1, -0.05) is 12.1 Å². The van der Waals surface area contributed by atoms with Crippen molar-refractivity contribution in [3.05, 3.63) is 29.8 Å². The molecule has 1 saturated carbocycles. The maximum absolute atomic E-state index is 12.0. The molecule has 0 aromatic heterocycles. The largest absolute Gasteiger partial charge is 0.326 e. The molecule has 0 spiro atoms. The summed E-state index contributed by atoms with van der Waals surface area (Å²) in [5, 5.41) is 2.96. The number of carbonyl (C=O) groups excluding carboxylic acids is 1. The highest BCUT2D eigenvalue weighted by molar-refractivity contribution is 5.90. The van der Waals surface area contributed by atoms with E-state index in [2.05, 4.69) is 10.2 Å². The molecule has 1 aliphatic heterocycles. The van der Waals surface area contributed by atoms with Crippen LogP contribution in [0.1, 0.15) is 31.2 Å². The Morgan fingerprint density at radius 3 is 3.00 bits per heavy atom. The van der Waals surface area contributed by atoms with E-state index in [1.165, 1.54) is 25.8 Å². The van der Waals surface area contributed by atoms with Crippen molar-refractivity contribution in [1.82, 2.24) is 4.90 Å². The number of piperidine rings is 1. The summed E-state index contributed by atoms with van der Waals surface area (Å²) in [4.78, 5) is 14.5. The Hall–Kier alpha value is -1.39. The van der Waals surface area contributed by atoms with Gasteiger partial charge in [-0.2, -0.15) is 0 Å². The van der Waals surface area contributed by atoms with Crippen LogP contribution in [0.5, 0.6) is 0 Å². The second kappa shape index (κ2) is 5.94. The summed E-state index contributed by atoms with van der Waals surface area (Å²) in [6, 6.07) is 8.49. The quantitative estimate of drug-likeness (QED) is 0.862. The fourth-order valence-corrected chi connectivity index (χ4v) is 3.55. The molecule has 1 aromatic rings. The zero-order valence-electron chi connectivity index (χ0n) is 11.8. The predicted octanol–water partition coefficient (Wildman–Crippen LogP) is 1.96. The van der Waals surface area contributed by atoms with Gasteiger partial charge in [0, 0.05) is 37.8 Å². The summed E-state index contributed by atoms with van der Waals surface area (Å²) in [6.07, 6.45) is 4.64. The molecule has 1 heterocycles. The molecule has 1 saturated heterocycles. The van der Waals surface area contributed by atoms with Crippen LogP contribution < -0.4 is 11.1 Å². The number of likely N-dealkylation sites (tertiary alicyclic amines) is 1. The van der Waals surface area contributed by atoms with Gasteiger partial charge in [0.1, 0.15) is 0 Å². The summed E-state index contributed by atoms with van der Waals surface area (Å²) < 4.78 is 0. The minimum absolute atomic E-state index is 0.0990. The van der Waals surface area contributed by atoms with Gasteiger partial charge in [-0.05, 0) is 42.9 Å². The number of nitrogens with one attached hydrogen (secondary N) is 1. The van der Waals surface area contributed by atoms with E-state index in [4.69, 9.17) is 5.73 Å². The minimum Gasteiger partial charge on any atom is -0.326 e. The molecular formula is C16H23N3O. The Labute approximate surface area is 120 Å². The van der Waals surface area contributed by atoms with E-state index in [-0.39, 0.29) is 5.91 Å². The molecule has 2 bridgehead atoms. The van der Waals surface area contributed by atoms with Crippen LogP contribution in [0.15, 0.2) is 24.3 Å². The number of nitrogens with zero attached hydrogens (tertiary/aromatic N) is 1. The fraction of sp³-hybridized carbons (Fsp3) is 0.562. The highest BCUT2D eigenvalue weighted by Crippen LogP contribution is 2.37. The monoisotopic (exact) mass is 273 g/mol. The van der Waals surface area contributed by atoms with Crippen LogP contribution in [0, 0.1) is 5.92 Å². The molecule has 4 nitrogen and oxygen atoms in total. The first-order chi connectivity index (χ1) is 9.74. The number of fused-ring (bicyclic) bond motifs is 2. The first-order valence-electron chi connectivity index (χ1n) is 7.57. The van der Waals surface area contributed by atoms with Gasteiger partial charge in [-0.15, -0.1) is 0 Å². The molecule has 2 aliphatic rings. The second-order valence-corrected chi connectivity index (χ2v) is 6.03. The SMILES string of the molecule is NCc1cccc(NC(=O)CCN2CC3CCC2C3)c1. The Bertz CT molecular complexity index is 488. The van der Waals surface area contributed by atoms with Gasteiger partial charge >= 0.3 is 0 Å². The average molecular weight is 273 g/mol. The zero-order chi connectivity index (χ0) is 13.9. The number of benzene rings is 1. The molecule has 0 radical (unpaired) electrons. The fourth-order valence-electron chi connectivity index (χ4n) is 3.55. The van der Waals surface area contributed by atoms with Crippen molar-refractivity contribution in [3.63, 3.8) is 0 Å². The van der Waals surface area contributed by atoms with Crippen molar-refractivity contribution in [2.24, 2.45) is 11.7 Å². The molecule has 1 aromatic carbocycles. The lowest BCUT2D eigenvalue weighted by Crippen LogP contribution is -2.34. The van der Waals surface area contributed by atoms with Crippen LogP contribution in [0.4, 0.5) is 5.69 Å². The van der Waals surface area contributed by atoms with Crippen molar-refractivity contribution in [2.45, 2.75) is 38.3 Å². The summed E-state index contributed by atoms with van der Waals surface area (Å²) >= 11 is 0. The zero-order valence-corrected chi connectivity index (χ0v) is 11.8.